The van der Waals surface area contributed by atoms with Crippen LogP contribution in [-0.2, 0) is 22.4 Å². The fourth-order valence-corrected chi connectivity index (χ4v) is 4.81. The average Bonchev–Trinajstić information content (AvgIpc) is 3.16. The van der Waals surface area contributed by atoms with Gasteiger partial charge in [0.25, 0.3) is 5.91 Å². The van der Waals surface area contributed by atoms with E-state index < -0.39 is 5.97 Å². The van der Waals surface area contributed by atoms with Crippen LogP contribution in [0.15, 0.2) is 24.5 Å². The number of rotatable bonds is 4. The Labute approximate surface area is 168 Å². The number of hydrogen-bond donors (Lipinski definition) is 0. The molecule has 1 aliphatic carbocycles. The topological polar surface area (TPSA) is 75.6 Å². The van der Waals surface area contributed by atoms with Crippen LogP contribution >= 0.6 is 11.3 Å². The van der Waals surface area contributed by atoms with Crippen molar-refractivity contribution in [3.8, 4) is 0 Å². The molecule has 1 aliphatic heterocycles. The molecule has 2 aromatic rings. The smallest absolute Gasteiger partial charge is 0.348 e. The van der Waals surface area contributed by atoms with Crippen LogP contribution in [0.25, 0.3) is 0 Å². The Morgan fingerprint density at radius 1 is 1.21 bits per heavy atom. The molecule has 0 saturated carbocycles. The summed E-state index contributed by atoms with van der Waals surface area (Å²) in [5.41, 5.74) is 1.27. The Balaban J connectivity index is 1.26. The van der Waals surface area contributed by atoms with Gasteiger partial charge in [-0.1, -0.05) is 6.92 Å². The number of thiophene rings is 1. The van der Waals surface area contributed by atoms with Crippen molar-refractivity contribution in [3.63, 3.8) is 0 Å². The minimum Gasteiger partial charge on any atom is -0.451 e. The second-order valence-corrected chi connectivity index (χ2v) is 8.54. The fourth-order valence-electron chi connectivity index (χ4n) is 3.71. The summed E-state index contributed by atoms with van der Waals surface area (Å²) in [4.78, 5) is 38.9. The summed E-state index contributed by atoms with van der Waals surface area (Å²) in [7, 11) is 0. The summed E-state index contributed by atoms with van der Waals surface area (Å²) in [6.07, 6.45) is 6.64. The van der Waals surface area contributed by atoms with E-state index in [2.05, 4.69) is 16.9 Å². The summed E-state index contributed by atoms with van der Waals surface area (Å²) >= 11 is 1.51. The van der Waals surface area contributed by atoms with Crippen molar-refractivity contribution in [2.24, 2.45) is 5.92 Å². The number of carbonyl (C=O) groups excluding carboxylic acids is 2. The molecule has 0 N–H and O–H groups in total. The van der Waals surface area contributed by atoms with Gasteiger partial charge in [-0.15, -0.1) is 11.3 Å². The first kappa shape index (κ1) is 18.9. The van der Waals surface area contributed by atoms with Gasteiger partial charge in [-0.25, -0.2) is 14.8 Å². The van der Waals surface area contributed by atoms with E-state index in [0.717, 1.165) is 12.8 Å². The van der Waals surface area contributed by atoms with Crippen LogP contribution in [0.5, 0.6) is 0 Å². The quantitative estimate of drug-likeness (QED) is 0.732. The van der Waals surface area contributed by atoms with Crippen LogP contribution in [0.2, 0.25) is 0 Å². The van der Waals surface area contributed by atoms with Crippen molar-refractivity contribution < 1.29 is 14.3 Å². The average molecular weight is 401 g/mol. The SMILES string of the molecule is C[C@@H]1CCc2sc(C(=O)OCC(=O)N3CCN(c4ncccn4)CC3)cc2C1. The Kier molecular flexibility index (Phi) is 5.57. The van der Waals surface area contributed by atoms with E-state index in [-0.39, 0.29) is 12.5 Å². The molecule has 0 radical (unpaired) electrons. The van der Waals surface area contributed by atoms with Crippen LogP contribution in [-0.4, -0.2) is 59.5 Å². The van der Waals surface area contributed by atoms with Crippen molar-refractivity contribution in [2.45, 2.75) is 26.2 Å². The number of nitrogens with zero attached hydrogens (tertiary/aromatic N) is 4. The third kappa shape index (κ3) is 4.16. The highest BCUT2D eigenvalue weighted by molar-refractivity contribution is 7.14. The highest BCUT2D eigenvalue weighted by atomic mass is 32.1. The van der Waals surface area contributed by atoms with E-state index in [4.69, 9.17) is 4.74 Å². The second kappa shape index (κ2) is 8.26. The molecule has 28 heavy (non-hydrogen) atoms. The molecule has 3 heterocycles. The highest BCUT2D eigenvalue weighted by Crippen LogP contribution is 2.32. The van der Waals surface area contributed by atoms with Gasteiger partial charge in [-0.05, 0) is 42.9 Å². The molecule has 0 aromatic carbocycles. The van der Waals surface area contributed by atoms with Gasteiger partial charge >= 0.3 is 5.97 Å². The van der Waals surface area contributed by atoms with Crippen LogP contribution in [0.3, 0.4) is 0 Å². The number of fused-ring (bicyclic) bond motifs is 1. The lowest BCUT2D eigenvalue weighted by atomic mass is 9.90. The minimum atomic E-state index is -0.392. The lowest BCUT2D eigenvalue weighted by Gasteiger charge is -2.34. The summed E-state index contributed by atoms with van der Waals surface area (Å²) in [5.74, 6) is 0.790. The molecule has 0 spiro atoms. The maximum atomic E-state index is 12.4. The number of amides is 1. The predicted molar refractivity (Wildman–Crippen MR) is 107 cm³/mol. The van der Waals surface area contributed by atoms with Gasteiger partial charge in [-0.3, -0.25) is 4.79 Å². The normalized spacial score (nSPS) is 19.2. The first-order valence-electron chi connectivity index (χ1n) is 9.68. The molecular weight excluding hydrogens is 376 g/mol. The Morgan fingerprint density at radius 2 is 1.96 bits per heavy atom. The first-order valence-corrected chi connectivity index (χ1v) is 10.5. The van der Waals surface area contributed by atoms with Crippen molar-refractivity contribution in [3.05, 3.63) is 39.8 Å². The molecule has 2 aliphatic rings. The third-order valence-corrected chi connectivity index (χ3v) is 6.54. The minimum absolute atomic E-state index is 0.156. The lowest BCUT2D eigenvalue weighted by molar-refractivity contribution is -0.134. The summed E-state index contributed by atoms with van der Waals surface area (Å²) in [6, 6.07) is 3.73. The molecule has 8 heteroatoms. The Morgan fingerprint density at radius 3 is 2.71 bits per heavy atom. The summed E-state index contributed by atoms with van der Waals surface area (Å²) in [5, 5.41) is 0. The van der Waals surface area contributed by atoms with Crippen LogP contribution in [0, 0.1) is 5.92 Å². The molecule has 1 amide bonds. The lowest BCUT2D eigenvalue weighted by Crippen LogP contribution is -2.50. The largest absolute Gasteiger partial charge is 0.451 e. The predicted octanol–water partition coefficient (Wildman–Crippen LogP) is 2.17. The molecular formula is C20H24N4O3S. The first-order chi connectivity index (χ1) is 13.6. The van der Waals surface area contributed by atoms with E-state index in [1.54, 1.807) is 23.4 Å². The van der Waals surface area contributed by atoms with Gasteiger partial charge in [-0.2, -0.15) is 0 Å². The van der Waals surface area contributed by atoms with Crippen molar-refractivity contribution in [1.29, 1.82) is 0 Å². The Hall–Kier alpha value is -2.48. The van der Waals surface area contributed by atoms with Gasteiger partial charge < -0.3 is 14.5 Å². The fraction of sp³-hybridized carbons (Fsp3) is 0.500. The molecule has 1 fully saturated rings. The molecule has 7 nitrogen and oxygen atoms in total. The molecule has 0 bridgehead atoms. The van der Waals surface area contributed by atoms with E-state index in [1.165, 1.54) is 28.2 Å². The third-order valence-electron chi connectivity index (χ3n) is 5.32. The monoisotopic (exact) mass is 400 g/mol. The summed E-state index contributed by atoms with van der Waals surface area (Å²) < 4.78 is 5.30. The van der Waals surface area contributed by atoms with Crippen LogP contribution in [0.1, 0.15) is 33.5 Å². The highest BCUT2D eigenvalue weighted by Gasteiger charge is 2.25. The van der Waals surface area contributed by atoms with E-state index in [0.29, 0.717) is 42.9 Å². The van der Waals surface area contributed by atoms with Crippen molar-refractivity contribution in [2.75, 3.05) is 37.7 Å². The second-order valence-electron chi connectivity index (χ2n) is 7.40. The molecule has 148 valence electrons. The van der Waals surface area contributed by atoms with E-state index >= 15 is 0 Å². The Bertz CT molecular complexity index is 846. The van der Waals surface area contributed by atoms with Gasteiger partial charge in [0.15, 0.2) is 6.61 Å². The molecule has 4 rings (SSSR count). The maximum absolute atomic E-state index is 12.4. The zero-order chi connectivity index (χ0) is 19.5. The van der Waals surface area contributed by atoms with E-state index in [1.807, 2.05) is 11.0 Å². The van der Waals surface area contributed by atoms with Gasteiger partial charge in [0, 0.05) is 43.4 Å². The molecule has 0 unspecified atom stereocenters. The van der Waals surface area contributed by atoms with Gasteiger partial charge in [0.05, 0.1) is 0 Å². The maximum Gasteiger partial charge on any atom is 0.348 e. The van der Waals surface area contributed by atoms with E-state index in [9.17, 15) is 9.59 Å². The van der Waals surface area contributed by atoms with Crippen LogP contribution < -0.4 is 4.90 Å². The zero-order valence-corrected chi connectivity index (χ0v) is 16.8. The standard InChI is InChI=1S/C20H24N4O3S/c1-14-3-4-16-15(11-14)12-17(28-16)19(26)27-13-18(25)23-7-9-24(10-8-23)20-21-5-2-6-22-20/h2,5-6,12,14H,3-4,7-11,13H2,1H3/t14-/m1/s1. The number of ether oxygens (including phenoxy) is 1. The molecule has 1 atom stereocenters. The number of esters is 1. The van der Waals surface area contributed by atoms with Gasteiger partial charge in [0.1, 0.15) is 4.88 Å². The number of anilines is 1. The summed E-state index contributed by atoms with van der Waals surface area (Å²) in [6.45, 7) is 4.50. The number of carbonyl (C=O) groups is 2. The number of aryl methyl sites for hydroxylation is 1. The van der Waals surface area contributed by atoms with Crippen LogP contribution in [0.4, 0.5) is 5.95 Å². The molecule has 1 saturated heterocycles. The van der Waals surface area contributed by atoms with Gasteiger partial charge in [0.2, 0.25) is 5.95 Å². The number of hydrogen-bond acceptors (Lipinski definition) is 7. The number of piperazine rings is 1. The van der Waals surface area contributed by atoms with Crippen molar-refractivity contribution in [1.82, 2.24) is 14.9 Å². The van der Waals surface area contributed by atoms with Crippen molar-refractivity contribution >= 4 is 29.2 Å². The zero-order valence-electron chi connectivity index (χ0n) is 16.0. The number of aromatic nitrogens is 2. The molecule has 2 aromatic heterocycles.